The van der Waals surface area contributed by atoms with Gasteiger partial charge in [-0.15, -0.1) is 0 Å². The van der Waals surface area contributed by atoms with Crippen molar-refractivity contribution >= 4 is 30.1 Å². The summed E-state index contributed by atoms with van der Waals surface area (Å²) >= 11 is 0. The molecule has 2 aliphatic heterocycles. The molecule has 1 aromatic rings. The molecule has 130 valence electrons. The van der Waals surface area contributed by atoms with Gasteiger partial charge in [0.2, 0.25) is 11.8 Å². The second-order valence-electron chi connectivity index (χ2n) is 5.89. The molecule has 4 amide bonds. The Hall–Kier alpha value is -3.23. The van der Waals surface area contributed by atoms with Crippen LogP contribution < -0.4 is 10.6 Å². The first kappa shape index (κ1) is 16.6. The van der Waals surface area contributed by atoms with E-state index in [0.29, 0.717) is 17.4 Å². The van der Waals surface area contributed by atoms with Gasteiger partial charge in [-0.05, 0) is 29.7 Å². The zero-order valence-corrected chi connectivity index (χ0v) is 13.1. The highest BCUT2D eigenvalue weighted by Gasteiger charge is 2.40. The van der Waals surface area contributed by atoms with E-state index in [4.69, 9.17) is 5.11 Å². The number of piperidine rings is 1. The summed E-state index contributed by atoms with van der Waals surface area (Å²) in [6.07, 6.45) is -0.242. The van der Waals surface area contributed by atoms with Crippen LogP contribution in [0, 0.1) is 0 Å². The third kappa shape index (κ3) is 3.08. The number of amides is 4. The zero-order chi connectivity index (χ0) is 18.1. The van der Waals surface area contributed by atoms with Gasteiger partial charge < -0.3 is 15.3 Å². The van der Waals surface area contributed by atoms with Crippen LogP contribution in [0.3, 0.4) is 0 Å². The maximum Gasteiger partial charge on any atom is 0.404 e. The van der Waals surface area contributed by atoms with Gasteiger partial charge in [0.15, 0.2) is 0 Å². The maximum absolute atomic E-state index is 12.7. The first-order valence-corrected chi connectivity index (χ1v) is 7.63. The second kappa shape index (κ2) is 6.34. The Morgan fingerprint density at radius 2 is 2.12 bits per heavy atom. The molecule has 1 atom stereocenters. The number of hydrogen-bond acceptors (Lipinski definition) is 5. The minimum Gasteiger partial charge on any atom is -0.465 e. The number of hydrogen-bond donors (Lipinski definition) is 3. The van der Waals surface area contributed by atoms with Crippen LogP contribution in [-0.2, 0) is 22.7 Å². The van der Waals surface area contributed by atoms with E-state index in [1.807, 2.05) is 0 Å². The molecule has 0 bridgehead atoms. The van der Waals surface area contributed by atoms with Crippen molar-refractivity contribution in [3.63, 3.8) is 0 Å². The predicted octanol–water partition coefficient (Wildman–Crippen LogP) is 0.0277. The molecule has 9 nitrogen and oxygen atoms in total. The molecule has 1 fully saturated rings. The van der Waals surface area contributed by atoms with Crippen molar-refractivity contribution in [2.45, 2.75) is 32.0 Å². The Morgan fingerprint density at radius 3 is 2.76 bits per heavy atom. The molecular weight excluding hydrogens is 330 g/mol. The third-order valence-electron chi connectivity index (χ3n) is 4.32. The summed E-state index contributed by atoms with van der Waals surface area (Å²) in [6, 6.07) is 2.27. The number of fused-ring (bicyclic) bond motifs is 1. The number of nitrogens with zero attached hydrogens (tertiary/aromatic N) is 1. The van der Waals surface area contributed by atoms with Crippen molar-refractivity contribution in [2.24, 2.45) is 0 Å². The first-order chi connectivity index (χ1) is 11.9. The maximum atomic E-state index is 12.7. The molecule has 1 saturated heterocycles. The van der Waals surface area contributed by atoms with Crippen molar-refractivity contribution in [1.29, 1.82) is 0 Å². The molecule has 0 aromatic heterocycles. The molecule has 3 N–H and O–H groups in total. The summed E-state index contributed by atoms with van der Waals surface area (Å²) < 4.78 is 0. The van der Waals surface area contributed by atoms with Crippen molar-refractivity contribution < 1.29 is 29.1 Å². The Kier molecular flexibility index (Phi) is 4.22. The standard InChI is InChI=1S/C16H15N3O6/c20-7-9-3-8(5-17-16(24)25)4-10-11(9)6-19(15(10)23)12-1-2-13(21)18-14(12)22/h3-4,7,12,17H,1-2,5-6H2,(H,24,25)(H,18,21,22). The van der Waals surface area contributed by atoms with Gasteiger partial charge in [0, 0.05) is 30.6 Å². The first-order valence-electron chi connectivity index (χ1n) is 7.63. The molecule has 2 aliphatic rings. The van der Waals surface area contributed by atoms with Crippen LogP contribution in [0.25, 0.3) is 0 Å². The summed E-state index contributed by atoms with van der Waals surface area (Å²) in [4.78, 5) is 59.3. The number of aldehydes is 1. The SMILES string of the molecule is O=Cc1cc(CNC(=O)O)cc2c1CN(C1CCC(=O)NC1=O)C2=O. The quantitative estimate of drug-likeness (QED) is 0.521. The van der Waals surface area contributed by atoms with Gasteiger partial charge in [-0.3, -0.25) is 24.5 Å². The van der Waals surface area contributed by atoms with Gasteiger partial charge in [0.25, 0.3) is 5.91 Å². The van der Waals surface area contributed by atoms with E-state index >= 15 is 0 Å². The molecule has 2 heterocycles. The number of carboxylic acid groups (broad SMARTS) is 1. The molecule has 0 aliphatic carbocycles. The number of rotatable bonds is 4. The highest BCUT2D eigenvalue weighted by atomic mass is 16.4. The number of benzene rings is 1. The summed E-state index contributed by atoms with van der Waals surface area (Å²) in [7, 11) is 0. The van der Waals surface area contributed by atoms with E-state index in [2.05, 4.69) is 10.6 Å². The fourth-order valence-electron chi connectivity index (χ4n) is 3.14. The van der Waals surface area contributed by atoms with Crippen molar-refractivity contribution in [2.75, 3.05) is 0 Å². The van der Waals surface area contributed by atoms with Gasteiger partial charge in [-0.2, -0.15) is 0 Å². The van der Waals surface area contributed by atoms with Gasteiger partial charge in [-0.1, -0.05) is 0 Å². The van der Waals surface area contributed by atoms with Crippen LogP contribution in [0.5, 0.6) is 0 Å². The Labute approximate surface area is 142 Å². The molecule has 1 unspecified atom stereocenters. The molecular formula is C16H15N3O6. The molecule has 9 heteroatoms. The van der Waals surface area contributed by atoms with Crippen LogP contribution in [0.1, 0.15) is 44.7 Å². The Balaban J connectivity index is 1.89. The lowest BCUT2D eigenvalue weighted by Gasteiger charge is -2.29. The molecule has 3 rings (SSSR count). The number of nitrogens with one attached hydrogen (secondary N) is 2. The van der Waals surface area contributed by atoms with Crippen molar-refractivity contribution in [1.82, 2.24) is 15.5 Å². The van der Waals surface area contributed by atoms with E-state index < -0.39 is 23.9 Å². The lowest BCUT2D eigenvalue weighted by molar-refractivity contribution is -0.136. The smallest absolute Gasteiger partial charge is 0.404 e. The molecule has 0 spiro atoms. The second-order valence-corrected chi connectivity index (χ2v) is 5.89. The molecule has 0 saturated carbocycles. The highest BCUT2D eigenvalue weighted by Crippen LogP contribution is 2.30. The third-order valence-corrected chi connectivity index (χ3v) is 4.32. The van der Waals surface area contributed by atoms with Gasteiger partial charge in [-0.25, -0.2) is 4.79 Å². The summed E-state index contributed by atoms with van der Waals surface area (Å²) in [5, 5.41) is 13.1. The average molecular weight is 345 g/mol. The van der Waals surface area contributed by atoms with Crippen LogP contribution in [0.4, 0.5) is 4.79 Å². The Morgan fingerprint density at radius 1 is 1.36 bits per heavy atom. The lowest BCUT2D eigenvalue weighted by atomic mass is 10.00. The van der Waals surface area contributed by atoms with E-state index in [1.54, 1.807) is 0 Å². The fraction of sp³-hybridized carbons (Fsp3) is 0.312. The fourth-order valence-corrected chi connectivity index (χ4v) is 3.14. The van der Waals surface area contributed by atoms with E-state index in [9.17, 15) is 24.0 Å². The topological polar surface area (TPSA) is 133 Å². The lowest BCUT2D eigenvalue weighted by Crippen LogP contribution is -2.52. The van der Waals surface area contributed by atoms with Crippen LogP contribution in [0.15, 0.2) is 12.1 Å². The number of imide groups is 1. The monoisotopic (exact) mass is 345 g/mol. The van der Waals surface area contributed by atoms with Crippen LogP contribution >= 0.6 is 0 Å². The number of carbonyl (C=O) groups is 5. The normalized spacial score (nSPS) is 19.4. The van der Waals surface area contributed by atoms with Gasteiger partial charge >= 0.3 is 6.09 Å². The minimum absolute atomic E-state index is 0.0465. The summed E-state index contributed by atoms with van der Waals surface area (Å²) in [5.41, 5.74) is 1.53. The Bertz CT molecular complexity index is 803. The van der Waals surface area contributed by atoms with E-state index in [-0.39, 0.29) is 43.0 Å². The summed E-state index contributed by atoms with van der Waals surface area (Å²) in [5.74, 6) is -1.32. The molecule has 25 heavy (non-hydrogen) atoms. The van der Waals surface area contributed by atoms with Crippen LogP contribution in [-0.4, -0.2) is 46.1 Å². The molecule has 1 aromatic carbocycles. The number of carbonyl (C=O) groups excluding carboxylic acids is 4. The van der Waals surface area contributed by atoms with E-state index in [0.717, 1.165) is 0 Å². The van der Waals surface area contributed by atoms with E-state index in [1.165, 1.54) is 17.0 Å². The largest absolute Gasteiger partial charge is 0.465 e. The van der Waals surface area contributed by atoms with Gasteiger partial charge in [0.05, 0.1) is 0 Å². The van der Waals surface area contributed by atoms with Gasteiger partial charge in [0.1, 0.15) is 12.3 Å². The highest BCUT2D eigenvalue weighted by molar-refractivity contribution is 6.06. The molecule has 0 radical (unpaired) electrons. The zero-order valence-electron chi connectivity index (χ0n) is 13.1. The minimum atomic E-state index is -1.22. The summed E-state index contributed by atoms with van der Waals surface area (Å²) in [6.45, 7) is 0.0519. The predicted molar refractivity (Wildman–Crippen MR) is 82.7 cm³/mol. The average Bonchev–Trinajstić information content (AvgIpc) is 2.89. The van der Waals surface area contributed by atoms with Crippen LogP contribution in [0.2, 0.25) is 0 Å². The van der Waals surface area contributed by atoms with Crippen molar-refractivity contribution in [3.8, 4) is 0 Å². The van der Waals surface area contributed by atoms with Crippen molar-refractivity contribution in [3.05, 3.63) is 34.4 Å².